The summed E-state index contributed by atoms with van der Waals surface area (Å²) in [6.45, 7) is 5.32. The van der Waals surface area contributed by atoms with Crippen molar-refractivity contribution in [3.63, 3.8) is 0 Å². The van der Waals surface area contributed by atoms with Crippen molar-refractivity contribution in [1.82, 2.24) is 10.2 Å². The van der Waals surface area contributed by atoms with Crippen molar-refractivity contribution in [3.8, 4) is 0 Å². The molecule has 0 aromatic heterocycles. The Bertz CT molecular complexity index is 973. The van der Waals surface area contributed by atoms with Gasteiger partial charge in [-0.3, -0.25) is 9.59 Å². The number of esters is 2. The van der Waals surface area contributed by atoms with Crippen molar-refractivity contribution >= 4 is 17.8 Å². The normalized spacial score (nSPS) is 14.2. The first-order chi connectivity index (χ1) is 28.6. The molecule has 12 heteroatoms. The summed E-state index contributed by atoms with van der Waals surface area (Å²) in [6, 6.07) is -0.867. The number of amides is 1. The van der Waals surface area contributed by atoms with Crippen molar-refractivity contribution in [3.05, 3.63) is 0 Å². The van der Waals surface area contributed by atoms with Gasteiger partial charge in [0.05, 0.1) is 25.9 Å². The highest BCUT2D eigenvalue weighted by Crippen LogP contribution is 2.14. The number of aliphatic hydroxyl groups excluding tert-OH is 5. The zero-order chi connectivity index (χ0) is 43.8. The number of unbranched alkanes of at least 4 members (excludes halogenated alkanes) is 25. The van der Waals surface area contributed by atoms with Crippen LogP contribution in [0.4, 0.5) is 0 Å². The average Bonchev–Trinajstić information content (AvgIpc) is 3.22. The van der Waals surface area contributed by atoms with Crippen LogP contribution in [0.25, 0.3) is 0 Å². The molecule has 0 aliphatic heterocycles. The summed E-state index contributed by atoms with van der Waals surface area (Å²) in [5.74, 6) is -1.03. The van der Waals surface area contributed by atoms with Crippen molar-refractivity contribution in [2.24, 2.45) is 0 Å². The Morgan fingerprint density at radius 3 is 1.41 bits per heavy atom. The van der Waals surface area contributed by atoms with Gasteiger partial charge in [-0.2, -0.15) is 0 Å². The number of carbonyl (C=O) groups is 3. The molecule has 0 aliphatic rings. The Hall–Kier alpha value is -1.83. The molecule has 0 bridgehead atoms. The smallest absolute Gasteiger partial charge is 0.328 e. The standard InChI is InChI=1S/C47H92N2O10/c1-4-6-8-10-12-14-18-22-26-30-36-58-44(54)34-33-40(47(57)59-37-31-27-23-19-15-13-11-9-7-5-2)48-43(53)32-28-24-20-16-17-21-25-29-35-49(3)38-41(51)45(55)46(56)42(52)39-50/h40-42,45-46,50-52,55-56H,4-39H2,1-3H3,(H,48,53). The molecule has 350 valence electrons. The molecule has 0 heterocycles. The molecule has 0 spiro atoms. The number of rotatable bonds is 44. The van der Waals surface area contributed by atoms with Gasteiger partial charge in [0.25, 0.3) is 0 Å². The molecule has 0 aromatic carbocycles. The molecule has 0 radical (unpaired) electrons. The molecule has 0 saturated heterocycles. The van der Waals surface area contributed by atoms with Crippen LogP contribution in [0.15, 0.2) is 0 Å². The molecule has 5 atom stereocenters. The molecular weight excluding hydrogens is 753 g/mol. The van der Waals surface area contributed by atoms with Crippen LogP contribution in [0, 0.1) is 0 Å². The van der Waals surface area contributed by atoms with Gasteiger partial charge in [-0.15, -0.1) is 0 Å². The number of ether oxygens (including phenoxy) is 2. The Labute approximate surface area is 360 Å². The summed E-state index contributed by atoms with van der Waals surface area (Å²) >= 11 is 0. The second-order valence-electron chi connectivity index (χ2n) is 17.0. The minimum atomic E-state index is -1.62. The van der Waals surface area contributed by atoms with Gasteiger partial charge in [-0.1, -0.05) is 168 Å². The lowest BCUT2D eigenvalue weighted by molar-refractivity contribution is -0.149. The SMILES string of the molecule is CCCCCCCCCCCCOC(=O)CCC(NC(=O)CCCCCCCCCCN(C)CC(O)C(O)C(O)C(O)CO)C(=O)OCCCCCCCCCCCC. The fourth-order valence-electron chi connectivity index (χ4n) is 7.30. The predicted molar refractivity (Wildman–Crippen MR) is 237 cm³/mol. The lowest BCUT2D eigenvalue weighted by atomic mass is 10.0. The van der Waals surface area contributed by atoms with E-state index < -0.39 is 43.0 Å². The minimum Gasteiger partial charge on any atom is -0.466 e. The zero-order valence-corrected chi connectivity index (χ0v) is 38.1. The Morgan fingerprint density at radius 2 is 0.932 bits per heavy atom. The number of carbonyl (C=O) groups excluding carboxylic acids is 3. The first-order valence-corrected chi connectivity index (χ1v) is 24.2. The monoisotopic (exact) mass is 845 g/mol. The predicted octanol–water partition coefficient (Wildman–Crippen LogP) is 8.06. The second-order valence-corrected chi connectivity index (χ2v) is 17.0. The lowest BCUT2D eigenvalue weighted by Gasteiger charge is -2.28. The summed E-state index contributed by atoms with van der Waals surface area (Å²) in [4.78, 5) is 40.4. The molecule has 0 fully saturated rings. The van der Waals surface area contributed by atoms with Crippen LogP contribution in [-0.2, 0) is 23.9 Å². The zero-order valence-electron chi connectivity index (χ0n) is 38.1. The van der Waals surface area contributed by atoms with E-state index >= 15 is 0 Å². The largest absolute Gasteiger partial charge is 0.466 e. The van der Waals surface area contributed by atoms with E-state index in [2.05, 4.69) is 19.2 Å². The summed E-state index contributed by atoms with van der Waals surface area (Å²) in [7, 11) is 1.82. The lowest BCUT2D eigenvalue weighted by Crippen LogP contribution is -2.49. The number of hydrogen-bond donors (Lipinski definition) is 6. The van der Waals surface area contributed by atoms with Crippen molar-refractivity contribution < 1.29 is 49.4 Å². The first-order valence-electron chi connectivity index (χ1n) is 24.2. The molecular formula is C47H92N2O10. The third-order valence-corrected chi connectivity index (χ3v) is 11.3. The van der Waals surface area contributed by atoms with Gasteiger partial charge in [0.15, 0.2) is 0 Å². The van der Waals surface area contributed by atoms with Crippen molar-refractivity contribution in [2.45, 2.75) is 243 Å². The van der Waals surface area contributed by atoms with E-state index in [1.54, 1.807) is 0 Å². The Morgan fingerprint density at radius 1 is 0.525 bits per heavy atom. The highest BCUT2D eigenvalue weighted by atomic mass is 16.5. The van der Waals surface area contributed by atoms with E-state index in [4.69, 9.17) is 14.6 Å². The maximum absolute atomic E-state index is 13.1. The van der Waals surface area contributed by atoms with Crippen LogP contribution in [0.2, 0.25) is 0 Å². The van der Waals surface area contributed by atoms with E-state index in [0.717, 1.165) is 89.9 Å². The van der Waals surface area contributed by atoms with Gasteiger partial charge in [-0.05, 0) is 45.7 Å². The van der Waals surface area contributed by atoms with Gasteiger partial charge in [0.1, 0.15) is 24.4 Å². The number of nitrogens with one attached hydrogen (secondary N) is 1. The number of nitrogens with zero attached hydrogens (tertiary/aromatic N) is 1. The third-order valence-electron chi connectivity index (χ3n) is 11.3. The molecule has 0 aliphatic carbocycles. The maximum Gasteiger partial charge on any atom is 0.328 e. The summed E-state index contributed by atoms with van der Waals surface area (Å²) < 4.78 is 11.0. The molecule has 0 aromatic rings. The van der Waals surface area contributed by atoms with Gasteiger partial charge in [-0.25, -0.2) is 4.79 Å². The van der Waals surface area contributed by atoms with E-state index in [9.17, 15) is 34.8 Å². The van der Waals surface area contributed by atoms with Gasteiger partial charge >= 0.3 is 11.9 Å². The average molecular weight is 845 g/mol. The first kappa shape index (κ1) is 57.2. The summed E-state index contributed by atoms with van der Waals surface area (Å²) in [6.07, 6.45) is 26.3. The van der Waals surface area contributed by atoms with E-state index in [1.165, 1.54) is 89.9 Å². The second kappa shape index (κ2) is 41.5. The number of likely N-dealkylation sites (N-methyl/N-ethyl adjacent to an activating group) is 1. The van der Waals surface area contributed by atoms with Crippen LogP contribution in [0.5, 0.6) is 0 Å². The van der Waals surface area contributed by atoms with E-state index in [1.807, 2.05) is 11.9 Å². The molecule has 5 unspecified atom stereocenters. The Kier molecular flexibility index (Phi) is 40.2. The molecule has 0 rings (SSSR count). The quantitative estimate of drug-likeness (QED) is 0.0258. The van der Waals surface area contributed by atoms with Gasteiger partial charge in [0, 0.05) is 19.4 Å². The van der Waals surface area contributed by atoms with Crippen LogP contribution in [-0.4, -0.2) is 119 Å². The molecule has 59 heavy (non-hydrogen) atoms. The van der Waals surface area contributed by atoms with Crippen molar-refractivity contribution in [2.75, 3.05) is 40.0 Å². The van der Waals surface area contributed by atoms with E-state index in [0.29, 0.717) is 26.2 Å². The molecule has 12 nitrogen and oxygen atoms in total. The summed E-state index contributed by atoms with van der Waals surface area (Å²) in [5.41, 5.74) is 0. The van der Waals surface area contributed by atoms with Crippen LogP contribution in [0.3, 0.4) is 0 Å². The fraction of sp³-hybridized carbons (Fsp3) is 0.936. The van der Waals surface area contributed by atoms with Crippen LogP contribution < -0.4 is 5.32 Å². The fourth-order valence-corrected chi connectivity index (χ4v) is 7.30. The highest BCUT2D eigenvalue weighted by molar-refractivity contribution is 5.85. The maximum atomic E-state index is 13.1. The van der Waals surface area contributed by atoms with Gasteiger partial charge < -0.3 is 45.2 Å². The van der Waals surface area contributed by atoms with Crippen molar-refractivity contribution in [1.29, 1.82) is 0 Å². The topological polar surface area (TPSA) is 186 Å². The summed E-state index contributed by atoms with van der Waals surface area (Å²) in [5, 5.41) is 51.2. The van der Waals surface area contributed by atoms with Crippen LogP contribution in [0.1, 0.15) is 213 Å². The molecule has 1 amide bonds. The van der Waals surface area contributed by atoms with Gasteiger partial charge in [0.2, 0.25) is 5.91 Å². The molecule has 6 N–H and O–H groups in total. The van der Waals surface area contributed by atoms with E-state index in [-0.39, 0.29) is 31.3 Å². The number of aliphatic hydroxyl groups is 5. The van der Waals surface area contributed by atoms with Crippen LogP contribution >= 0.6 is 0 Å². The third kappa shape index (κ3) is 35.5. The highest BCUT2D eigenvalue weighted by Gasteiger charge is 2.30. The molecule has 0 saturated carbocycles. The Balaban J connectivity index is 4.43. The number of hydrogen-bond acceptors (Lipinski definition) is 11. The minimum absolute atomic E-state index is 0.0536.